The summed E-state index contributed by atoms with van der Waals surface area (Å²) in [4.78, 5) is 24.8. The second kappa shape index (κ2) is 10.1. The second-order valence-corrected chi connectivity index (χ2v) is 8.45. The first kappa shape index (κ1) is 25.0. The molecule has 9 heteroatoms. The van der Waals surface area contributed by atoms with Crippen molar-refractivity contribution in [2.24, 2.45) is 0 Å². The van der Waals surface area contributed by atoms with E-state index in [1.165, 1.54) is 13.2 Å². The van der Waals surface area contributed by atoms with Crippen molar-refractivity contribution >= 4 is 18.0 Å². The third-order valence-electron chi connectivity index (χ3n) is 5.48. The van der Waals surface area contributed by atoms with Gasteiger partial charge >= 0.3 is 11.9 Å². The number of hydrogen-bond acceptors (Lipinski definition) is 9. The molecule has 1 saturated heterocycles. The minimum Gasteiger partial charge on any atom is -0.490 e. The van der Waals surface area contributed by atoms with Gasteiger partial charge in [0, 0.05) is 18.9 Å². The summed E-state index contributed by atoms with van der Waals surface area (Å²) in [6.07, 6.45) is 0.556. The summed E-state index contributed by atoms with van der Waals surface area (Å²) in [7, 11) is 1.19. The molecule has 1 saturated carbocycles. The van der Waals surface area contributed by atoms with E-state index in [1.54, 1.807) is 38.1 Å². The zero-order valence-electron chi connectivity index (χ0n) is 19.7. The number of rotatable bonds is 8. The van der Waals surface area contributed by atoms with Gasteiger partial charge in [-0.25, -0.2) is 9.59 Å². The van der Waals surface area contributed by atoms with Gasteiger partial charge in [-0.3, -0.25) is 0 Å². The fourth-order valence-electron chi connectivity index (χ4n) is 4.19. The van der Waals surface area contributed by atoms with Crippen LogP contribution in [0.25, 0.3) is 6.08 Å². The molecular formula is C24H32O9. The maximum Gasteiger partial charge on any atom is 0.338 e. The van der Waals surface area contributed by atoms with Crippen LogP contribution in [0.3, 0.4) is 0 Å². The molecule has 3 rings (SSSR count). The normalized spacial score (nSPS) is 28.2. The van der Waals surface area contributed by atoms with E-state index in [4.69, 9.17) is 28.4 Å². The van der Waals surface area contributed by atoms with Crippen LogP contribution >= 0.6 is 0 Å². The lowest BCUT2D eigenvalue weighted by molar-refractivity contribution is -0.187. The molecule has 0 amide bonds. The largest absolute Gasteiger partial charge is 0.490 e. The number of methoxy groups -OCH3 is 1. The van der Waals surface area contributed by atoms with Crippen molar-refractivity contribution in [3.8, 4) is 11.5 Å². The maximum atomic E-state index is 12.6. The van der Waals surface area contributed by atoms with Gasteiger partial charge in [-0.15, -0.1) is 0 Å². The lowest BCUT2D eigenvalue weighted by Crippen LogP contribution is -2.56. The Morgan fingerprint density at radius 3 is 2.48 bits per heavy atom. The Labute approximate surface area is 193 Å². The summed E-state index contributed by atoms with van der Waals surface area (Å²) in [6.45, 7) is 8.19. The van der Waals surface area contributed by atoms with E-state index >= 15 is 0 Å². The Kier molecular flexibility index (Phi) is 7.66. The lowest BCUT2D eigenvalue weighted by Gasteiger charge is -2.39. The van der Waals surface area contributed by atoms with E-state index in [0.717, 1.165) is 0 Å². The van der Waals surface area contributed by atoms with Crippen molar-refractivity contribution in [2.45, 2.75) is 70.2 Å². The molecule has 0 aromatic heterocycles. The minimum atomic E-state index is -1.84. The predicted octanol–water partition coefficient (Wildman–Crippen LogP) is 2.63. The molecule has 1 heterocycles. The Balaban J connectivity index is 1.74. The highest BCUT2D eigenvalue weighted by molar-refractivity contribution is 5.87. The van der Waals surface area contributed by atoms with E-state index in [9.17, 15) is 14.7 Å². The number of carbonyl (C=O) groups is 2. The Morgan fingerprint density at radius 1 is 1.12 bits per heavy atom. The molecule has 0 bridgehead atoms. The highest BCUT2D eigenvalue weighted by Crippen LogP contribution is 2.42. The van der Waals surface area contributed by atoms with Gasteiger partial charge in [0.1, 0.15) is 12.2 Å². The Hall–Kier alpha value is -2.62. The van der Waals surface area contributed by atoms with Crippen molar-refractivity contribution in [2.75, 3.05) is 20.3 Å². The van der Waals surface area contributed by atoms with Crippen LogP contribution in [0.4, 0.5) is 0 Å². The van der Waals surface area contributed by atoms with E-state index in [2.05, 4.69) is 0 Å². The van der Waals surface area contributed by atoms with Gasteiger partial charge in [-0.1, -0.05) is 6.07 Å². The molecule has 9 nitrogen and oxygen atoms in total. The number of fused-ring (bicyclic) bond motifs is 1. The zero-order chi connectivity index (χ0) is 24.2. The van der Waals surface area contributed by atoms with Crippen LogP contribution in [0, 0.1) is 0 Å². The molecule has 33 heavy (non-hydrogen) atoms. The van der Waals surface area contributed by atoms with E-state index in [0.29, 0.717) is 30.3 Å². The SMILES string of the molecule is CCOc1ccc(/C=C/C(=O)O[C@@H]2C[C@](O)(C(=O)OC)C[C@H]3OC(C)(C)O[C@@H]23)cc1OCC. The summed E-state index contributed by atoms with van der Waals surface area (Å²) in [5.41, 5.74) is -1.12. The molecule has 182 valence electrons. The molecule has 0 unspecified atom stereocenters. The molecule has 1 aliphatic carbocycles. The van der Waals surface area contributed by atoms with Gasteiger partial charge in [0.2, 0.25) is 0 Å². The fourth-order valence-corrected chi connectivity index (χ4v) is 4.19. The summed E-state index contributed by atoms with van der Waals surface area (Å²) >= 11 is 0. The molecule has 0 spiro atoms. The van der Waals surface area contributed by atoms with E-state index in [1.807, 2.05) is 13.8 Å². The van der Waals surface area contributed by atoms with Gasteiger partial charge in [0.15, 0.2) is 22.9 Å². The van der Waals surface area contributed by atoms with Crippen molar-refractivity contribution in [1.29, 1.82) is 0 Å². The number of benzene rings is 1. The number of carbonyl (C=O) groups excluding carboxylic acids is 2. The summed E-state index contributed by atoms with van der Waals surface area (Å²) in [5.74, 6) is -1.19. The number of ether oxygens (including phenoxy) is 6. The first-order valence-corrected chi connectivity index (χ1v) is 11.1. The summed E-state index contributed by atoms with van der Waals surface area (Å²) < 4.78 is 33.2. The Morgan fingerprint density at radius 2 is 1.82 bits per heavy atom. The minimum absolute atomic E-state index is 0.00988. The smallest absolute Gasteiger partial charge is 0.338 e. The van der Waals surface area contributed by atoms with Gasteiger partial charge in [-0.05, 0) is 51.5 Å². The van der Waals surface area contributed by atoms with Gasteiger partial charge in [0.25, 0.3) is 0 Å². The van der Waals surface area contributed by atoms with Crippen molar-refractivity contribution in [3.05, 3.63) is 29.8 Å². The van der Waals surface area contributed by atoms with Gasteiger partial charge in [0.05, 0.1) is 26.4 Å². The van der Waals surface area contributed by atoms with Crippen LogP contribution < -0.4 is 9.47 Å². The molecule has 2 fully saturated rings. The molecule has 2 aliphatic rings. The van der Waals surface area contributed by atoms with Crippen LogP contribution in [0.2, 0.25) is 0 Å². The predicted molar refractivity (Wildman–Crippen MR) is 118 cm³/mol. The number of esters is 2. The molecule has 1 aromatic rings. The zero-order valence-corrected chi connectivity index (χ0v) is 19.7. The Bertz CT molecular complexity index is 894. The third-order valence-corrected chi connectivity index (χ3v) is 5.48. The molecule has 1 aromatic carbocycles. The van der Waals surface area contributed by atoms with E-state index < -0.39 is 41.6 Å². The summed E-state index contributed by atoms with van der Waals surface area (Å²) in [5, 5.41) is 10.9. The molecule has 1 aliphatic heterocycles. The third kappa shape index (κ3) is 5.85. The van der Waals surface area contributed by atoms with Crippen molar-refractivity contribution in [3.63, 3.8) is 0 Å². The van der Waals surface area contributed by atoms with Gasteiger partial charge in [-0.2, -0.15) is 0 Å². The summed E-state index contributed by atoms with van der Waals surface area (Å²) in [6, 6.07) is 5.33. The lowest BCUT2D eigenvalue weighted by atomic mass is 9.79. The average Bonchev–Trinajstić information content (AvgIpc) is 3.07. The fraction of sp³-hybridized carbons (Fsp3) is 0.583. The standard InChI is InChI=1S/C24H32O9/c1-6-29-16-10-8-15(12-17(16)30-7-2)9-11-20(25)31-18-13-24(27,22(26)28-5)14-19-21(18)33-23(3,4)32-19/h8-12,18-19,21,27H,6-7,13-14H2,1-5H3/b11-9+/t18-,19-,21+,24-/m1/s1. The van der Waals surface area contributed by atoms with E-state index in [-0.39, 0.29) is 12.8 Å². The highest BCUT2D eigenvalue weighted by atomic mass is 16.8. The van der Waals surface area contributed by atoms with Crippen LogP contribution in [0.1, 0.15) is 46.1 Å². The van der Waals surface area contributed by atoms with Crippen molar-refractivity contribution in [1.82, 2.24) is 0 Å². The van der Waals surface area contributed by atoms with Crippen LogP contribution in [-0.2, 0) is 28.5 Å². The molecule has 4 atom stereocenters. The van der Waals surface area contributed by atoms with Crippen LogP contribution in [-0.4, -0.2) is 67.1 Å². The monoisotopic (exact) mass is 464 g/mol. The molecule has 0 radical (unpaired) electrons. The quantitative estimate of drug-likeness (QED) is 0.458. The van der Waals surface area contributed by atoms with Gasteiger partial charge < -0.3 is 33.5 Å². The highest BCUT2D eigenvalue weighted by Gasteiger charge is 2.58. The second-order valence-electron chi connectivity index (χ2n) is 8.45. The first-order valence-electron chi connectivity index (χ1n) is 11.1. The van der Waals surface area contributed by atoms with Crippen LogP contribution in [0.5, 0.6) is 11.5 Å². The molecular weight excluding hydrogens is 432 g/mol. The average molecular weight is 465 g/mol. The van der Waals surface area contributed by atoms with Crippen molar-refractivity contribution < 1.29 is 43.1 Å². The maximum absolute atomic E-state index is 12.6. The topological polar surface area (TPSA) is 110 Å². The van der Waals surface area contributed by atoms with Crippen LogP contribution in [0.15, 0.2) is 24.3 Å². The first-order chi connectivity index (χ1) is 15.6. The molecule has 1 N–H and O–H groups in total. The number of aliphatic hydroxyl groups is 1. The number of hydrogen-bond donors (Lipinski definition) is 1.